The van der Waals surface area contributed by atoms with Crippen LogP contribution in [0.5, 0.6) is 0 Å². The lowest BCUT2D eigenvalue weighted by Gasteiger charge is -2.33. The molecular formula is C24H22Cl2N4O2. The van der Waals surface area contributed by atoms with Crippen LogP contribution in [0, 0.1) is 6.57 Å². The molecule has 1 saturated carbocycles. The summed E-state index contributed by atoms with van der Waals surface area (Å²) in [5, 5.41) is 5.45. The van der Waals surface area contributed by atoms with Gasteiger partial charge in [-0.3, -0.25) is 0 Å². The maximum Gasteiger partial charge on any atom is 0.269 e. The number of benzene rings is 1. The van der Waals surface area contributed by atoms with Crippen molar-refractivity contribution in [1.82, 2.24) is 10.1 Å². The lowest BCUT2D eigenvalue weighted by atomic mass is 10.0. The van der Waals surface area contributed by atoms with Crippen LogP contribution in [0.3, 0.4) is 0 Å². The highest BCUT2D eigenvalue weighted by molar-refractivity contribution is 6.39. The molecule has 0 amide bonds. The van der Waals surface area contributed by atoms with Crippen molar-refractivity contribution >= 4 is 34.7 Å². The van der Waals surface area contributed by atoms with E-state index in [0.29, 0.717) is 39.6 Å². The van der Waals surface area contributed by atoms with E-state index < -0.39 is 0 Å². The molecule has 164 valence electrons. The van der Waals surface area contributed by atoms with Gasteiger partial charge < -0.3 is 19.0 Å². The number of nitrogens with zero attached hydrogens (tertiary/aromatic N) is 4. The summed E-state index contributed by atoms with van der Waals surface area (Å²) in [7, 11) is 0. The Morgan fingerprint density at radius 1 is 1.09 bits per heavy atom. The van der Waals surface area contributed by atoms with Crippen molar-refractivity contribution in [3.8, 4) is 11.3 Å². The van der Waals surface area contributed by atoms with Gasteiger partial charge in [0, 0.05) is 30.1 Å². The quantitative estimate of drug-likeness (QED) is 0.378. The van der Waals surface area contributed by atoms with Gasteiger partial charge >= 0.3 is 0 Å². The normalized spacial score (nSPS) is 16.8. The van der Waals surface area contributed by atoms with Crippen molar-refractivity contribution in [3.63, 3.8) is 0 Å². The lowest BCUT2D eigenvalue weighted by molar-refractivity contribution is 0.0246. The Hall–Kier alpha value is -2.59. The van der Waals surface area contributed by atoms with Crippen molar-refractivity contribution in [2.45, 2.75) is 44.3 Å². The van der Waals surface area contributed by atoms with Crippen LogP contribution < -0.4 is 4.90 Å². The van der Waals surface area contributed by atoms with Gasteiger partial charge in [-0.1, -0.05) is 41.0 Å². The highest BCUT2D eigenvalue weighted by Gasteiger charge is 2.34. The zero-order valence-corrected chi connectivity index (χ0v) is 18.9. The van der Waals surface area contributed by atoms with Crippen molar-refractivity contribution < 1.29 is 9.26 Å². The van der Waals surface area contributed by atoms with Crippen molar-refractivity contribution in [3.05, 3.63) is 69.3 Å². The Morgan fingerprint density at radius 2 is 1.84 bits per heavy atom. The second-order valence-corrected chi connectivity index (χ2v) is 9.04. The number of aromatic nitrogens is 2. The first-order valence-electron chi connectivity index (χ1n) is 10.8. The molecule has 1 aliphatic heterocycles. The molecule has 3 heterocycles. The van der Waals surface area contributed by atoms with Crippen LogP contribution in [-0.4, -0.2) is 29.3 Å². The number of hydrogen-bond donors (Lipinski definition) is 0. The molecule has 2 aliphatic rings. The minimum absolute atomic E-state index is 0.151. The smallest absolute Gasteiger partial charge is 0.269 e. The Balaban J connectivity index is 1.27. The molecular weight excluding hydrogens is 447 g/mol. The molecule has 0 unspecified atom stereocenters. The zero-order valence-electron chi connectivity index (χ0n) is 17.4. The minimum Gasteiger partial charge on any atom is -0.373 e. The standard InChI is InChI=1S/C24H22Cl2N4O2/c1-27-21-8-7-16(13-28-21)30-11-9-17(10-12-30)31-14-18-23(29-32-24(18)15-5-6-15)22-19(25)3-2-4-20(22)26/h2-4,7-8,13,15,17H,5-6,9-12,14H2. The van der Waals surface area contributed by atoms with E-state index in [1.54, 1.807) is 12.3 Å². The molecule has 5 rings (SSSR count). The number of halogens is 2. The number of piperidine rings is 1. The van der Waals surface area contributed by atoms with Crippen LogP contribution in [-0.2, 0) is 11.3 Å². The summed E-state index contributed by atoms with van der Waals surface area (Å²) < 4.78 is 12.1. The van der Waals surface area contributed by atoms with E-state index in [2.05, 4.69) is 19.9 Å². The first-order valence-corrected chi connectivity index (χ1v) is 11.5. The molecule has 1 saturated heterocycles. The summed E-state index contributed by atoms with van der Waals surface area (Å²) in [4.78, 5) is 9.81. The zero-order chi connectivity index (χ0) is 22.1. The third-order valence-electron chi connectivity index (χ3n) is 6.08. The van der Waals surface area contributed by atoms with Crippen molar-refractivity contribution in [2.24, 2.45) is 0 Å². The molecule has 0 bridgehead atoms. The second-order valence-electron chi connectivity index (χ2n) is 8.23. The summed E-state index contributed by atoms with van der Waals surface area (Å²) in [6.07, 6.45) is 5.96. The average Bonchev–Trinajstić information content (AvgIpc) is 3.58. The van der Waals surface area contributed by atoms with Gasteiger partial charge in [0.1, 0.15) is 17.7 Å². The summed E-state index contributed by atoms with van der Waals surface area (Å²) in [6, 6.07) is 9.17. The van der Waals surface area contributed by atoms with Crippen molar-refractivity contribution in [1.29, 1.82) is 0 Å². The van der Waals surface area contributed by atoms with E-state index in [-0.39, 0.29) is 6.10 Å². The summed E-state index contributed by atoms with van der Waals surface area (Å²) in [5.74, 6) is 1.73. The monoisotopic (exact) mass is 468 g/mol. The average molecular weight is 469 g/mol. The molecule has 32 heavy (non-hydrogen) atoms. The molecule has 1 aliphatic carbocycles. The molecule has 8 heteroatoms. The van der Waals surface area contributed by atoms with Gasteiger partial charge in [0.05, 0.1) is 28.4 Å². The first kappa shape index (κ1) is 21.3. The fourth-order valence-corrected chi connectivity index (χ4v) is 4.74. The number of anilines is 1. The summed E-state index contributed by atoms with van der Waals surface area (Å²) in [5.41, 5.74) is 3.39. The van der Waals surface area contributed by atoms with E-state index in [4.69, 9.17) is 39.0 Å². The van der Waals surface area contributed by atoms with Gasteiger partial charge in [-0.2, -0.15) is 0 Å². The van der Waals surface area contributed by atoms with E-state index in [1.807, 2.05) is 24.3 Å². The van der Waals surface area contributed by atoms with Gasteiger partial charge in [0.25, 0.3) is 5.82 Å². The van der Waals surface area contributed by atoms with E-state index >= 15 is 0 Å². The van der Waals surface area contributed by atoms with Crippen LogP contribution >= 0.6 is 23.2 Å². The van der Waals surface area contributed by atoms with Gasteiger partial charge in [0.15, 0.2) is 0 Å². The summed E-state index contributed by atoms with van der Waals surface area (Å²) >= 11 is 12.9. The molecule has 0 atom stereocenters. The summed E-state index contributed by atoms with van der Waals surface area (Å²) in [6.45, 7) is 9.23. The van der Waals surface area contributed by atoms with Crippen LogP contribution in [0.2, 0.25) is 10.0 Å². The molecule has 0 spiro atoms. The van der Waals surface area contributed by atoms with Crippen molar-refractivity contribution in [2.75, 3.05) is 18.0 Å². The van der Waals surface area contributed by atoms with Gasteiger partial charge in [-0.15, -0.1) is 4.98 Å². The predicted octanol–water partition coefficient (Wildman–Crippen LogP) is 6.66. The number of rotatable bonds is 6. The van der Waals surface area contributed by atoms with Gasteiger partial charge in [0.2, 0.25) is 0 Å². The number of pyridine rings is 1. The van der Waals surface area contributed by atoms with Crippen LogP contribution in [0.1, 0.15) is 42.9 Å². The number of ether oxygens (including phenoxy) is 1. The molecule has 6 nitrogen and oxygen atoms in total. The molecule has 3 aromatic rings. The van der Waals surface area contributed by atoms with Crippen LogP contribution in [0.4, 0.5) is 11.5 Å². The van der Waals surface area contributed by atoms with Crippen LogP contribution in [0.15, 0.2) is 41.1 Å². The Bertz CT molecular complexity index is 1120. The topological polar surface area (TPSA) is 55.8 Å². The fraction of sp³-hybridized carbons (Fsp3) is 0.375. The maximum atomic E-state index is 7.04. The SMILES string of the molecule is [C-]#[N+]c1ccc(N2CCC(OCc3c(-c4c(Cl)cccc4Cl)noc3C3CC3)CC2)cn1. The van der Waals surface area contributed by atoms with Gasteiger partial charge in [-0.25, -0.2) is 0 Å². The molecule has 2 fully saturated rings. The molecule has 0 N–H and O–H groups in total. The van der Waals surface area contributed by atoms with Gasteiger partial charge in [-0.05, 0) is 49.9 Å². The largest absolute Gasteiger partial charge is 0.373 e. The Kier molecular flexibility index (Phi) is 6.05. The highest BCUT2D eigenvalue weighted by atomic mass is 35.5. The fourth-order valence-electron chi connectivity index (χ4n) is 4.16. The third kappa shape index (κ3) is 4.33. The third-order valence-corrected chi connectivity index (χ3v) is 6.71. The molecule has 2 aromatic heterocycles. The predicted molar refractivity (Wildman–Crippen MR) is 124 cm³/mol. The lowest BCUT2D eigenvalue weighted by Crippen LogP contribution is -2.37. The highest BCUT2D eigenvalue weighted by Crippen LogP contribution is 2.46. The Labute approximate surface area is 196 Å². The maximum absolute atomic E-state index is 7.04. The number of hydrogen-bond acceptors (Lipinski definition) is 5. The van der Waals surface area contributed by atoms with Crippen LogP contribution in [0.25, 0.3) is 16.1 Å². The van der Waals surface area contributed by atoms with E-state index in [9.17, 15) is 0 Å². The first-order chi connectivity index (χ1) is 15.6. The van der Waals surface area contributed by atoms with E-state index in [1.165, 1.54) is 0 Å². The molecule has 1 aromatic carbocycles. The Morgan fingerprint density at radius 3 is 2.47 bits per heavy atom. The van der Waals surface area contributed by atoms with E-state index in [0.717, 1.165) is 55.8 Å². The minimum atomic E-state index is 0.151. The second kappa shape index (κ2) is 9.11. The molecule has 0 radical (unpaired) electrons.